The van der Waals surface area contributed by atoms with Crippen LogP contribution in [0.4, 0.5) is 16.4 Å². The Hall–Kier alpha value is -4.73. The highest BCUT2D eigenvalue weighted by Gasteiger charge is 2.24. The number of fused-ring (bicyclic) bond motifs is 1. The van der Waals surface area contributed by atoms with E-state index in [0.717, 1.165) is 34.9 Å². The third-order valence-corrected chi connectivity index (χ3v) is 7.10. The molecule has 1 saturated heterocycles. The first-order valence-electron chi connectivity index (χ1n) is 14.1. The van der Waals surface area contributed by atoms with E-state index >= 15 is 0 Å². The number of rotatable bonds is 7. The Bertz CT molecular complexity index is 1620. The van der Waals surface area contributed by atoms with Crippen molar-refractivity contribution in [3.8, 4) is 22.9 Å². The van der Waals surface area contributed by atoms with Crippen LogP contribution in [-0.4, -0.2) is 56.1 Å². The lowest BCUT2D eigenvalue weighted by Gasteiger charge is -2.31. The van der Waals surface area contributed by atoms with E-state index in [1.54, 1.807) is 18.5 Å². The second-order valence-corrected chi connectivity index (χ2v) is 11.8. The number of benzene rings is 2. The molecule has 1 aliphatic heterocycles. The summed E-state index contributed by atoms with van der Waals surface area (Å²) < 4.78 is 6.50. The number of aromatic nitrogens is 3. The summed E-state index contributed by atoms with van der Waals surface area (Å²) >= 11 is 0. The number of piperidine rings is 1. The molecule has 42 heavy (non-hydrogen) atoms. The normalized spacial score (nSPS) is 15.3. The molecule has 2 aromatic heterocycles. The fraction of sp³-hybridized carbons (Fsp3) is 0.344. The van der Waals surface area contributed by atoms with Gasteiger partial charge < -0.3 is 25.4 Å². The van der Waals surface area contributed by atoms with Crippen LogP contribution in [0.2, 0.25) is 0 Å². The number of likely N-dealkylation sites (tertiary alicyclic amines) is 1. The van der Waals surface area contributed by atoms with Gasteiger partial charge in [-0.1, -0.05) is 45.0 Å². The summed E-state index contributed by atoms with van der Waals surface area (Å²) in [5, 5.41) is 17.5. The minimum absolute atomic E-state index is 0.0397. The van der Waals surface area contributed by atoms with Crippen LogP contribution >= 0.6 is 0 Å². The number of hydrogen-bond acceptors (Lipinski definition) is 7. The molecular formula is C32H36N6O4. The standard InChI is InChI=1S/C32H36N6O4/c1-20-12-13-22-23(9-5-11-25(22)36-27(39)18-32(2,3)4)28(20)42-29-24(10-6-15-33-29)26-14-16-34-30(37-26)35-21-8-7-17-38(19-21)31(40)41/h5-6,9-16,21H,7-8,17-19H2,1-4H3,(H,36,39)(H,40,41)(H,34,35,37). The Morgan fingerprint density at radius 3 is 2.67 bits per heavy atom. The van der Waals surface area contributed by atoms with Crippen molar-refractivity contribution in [2.75, 3.05) is 23.7 Å². The van der Waals surface area contributed by atoms with Crippen LogP contribution in [0.1, 0.15) is 45.6 Å². The largest absolute Gasteiger partial charge is 0.465 e. The first kappa shape index (κ1) is 28.8. The van der Waals surface area contributed by atoms with Gasteiger partial charge in [0.15, 0.2) is 0 Å². The van der Waals surface area contributed by atoms with Crippen LogP contribution in [0.5, 0.6) is 11.6 Å². The van der Waals surface area contributed by atoms with Crippen LogP contribution in [0.3, 0.4) is 0 Å². The van der Waals surface area contributed by atoms with Crippen LogP contribution in [0, 0.1) is 12.3 Å². The maximum Gasteiger partial charge on any atom is 0.407 e. The first-order valence-corrected chi connectivity index (χ1v) is 14.1. The van der Waals surface area contributed by atoms with Crippen molar-refractivity contribution in [3.05, 3.63) is 66.5 Å². The number of pyridine rings is 1. The summed E-state index contributed by atoms with van der Waals surface area (Å²) in [6.07, 6.45) is 4.42. The van der Waals surface area contributed by atoms with Crippen molar-refractivity contribution in [1.29, 1.82) is 0 Å². The van der Waals surface area contributed by atoms with Crippen LogP contribution in [-0.2, 0) is 4.79 Å². The molecule has 0 aliphatic carbocycles. The Morgan fingerprint density at radius 2 is 1.88 bits per heavy atom. The number of nitrogens with zero attached hydrogens (tertiary/aromatic N) is 4. The number of hydrogen-bond donors (Lipinski definition) is 3. The lowest BCUT2D eigenvalue weighted by molar-refractivity contribution is -0.117. The molecule has 2 amide bonds. The molecule has 10 nitrogen and oxygen atoms in total. The fourth-order valence-electron chi connectivity index (χ4n) is 5.15. The van der Waals surface area contributed by atoms with Gasteiger partial charge in [-0.25, -0.2) is 19.7 Å². The van der Waals surface area contributed by atoms with Crippen molar-refractivity contribution in [3.63, 3.8) is 0 Å². The summed E-state index contributed by atoms with van der Waals surface area (Å²) in [7, 11) is 0. The third-order valence-electron chi connectivity index (χ3n) is 7.10. The summed E-state index contributed by atoms with van der Waals surface area (Å²) in [6.45, 7) is 8.99. The lowest BCUT2D eigenvalue weighted by atomic mass is 9.92. The molecule has 0 radical (unpaired) electrons. The Balaban J connectivity index is 1.43. The zero-order chi connectivity index (χ0) is 29.9. The maximum absolute atomic E-state index is 12.7. The van der Waals surface area contributed by atoms with Crippen molar-refractivity contribution in [2.24, 2.45) is 5.41 Å². The Kier molecular flexibility index (Phi) is 8.24. The van der Waals surface area contributed by atoms with E-state index in [2.05, 4.69) is 20.6 Å². The number of aryl methyl sites for hydroxylation is 1. The maximum atomic E-state index is 12.7. The van der Waals surface area contributed by atoms with Gasteiger partial charge in [-0.15, -0.1) is 0 Å². The van der Waals surface area contributed by atoms with E-state index in [4.69, 9.17) is 9.72 Å². The predicted octanol–water partition coefficient (Wildman–Crippen LogP) is 6.72. The lowest BCUT2D eigenvalue weighted by Crippen LogP contribution is -2.44. The number of nitrogens with one attached hydrogen (secondary N) is 2. The fourth-order valence-corrected chi connectivity index (χ4v) is 5.15. The molecule has 3 heterocycles. The van der Waals surface area contributed by atoms with E-state index in [1.807, 2.05) is 70.2 Å². The van der Waals surface area contributed by atoms with Crippen molar-refractivity contribution < 1.29 is 19.4 Å². The number of anilines is 2. The topological polar surface area (TPSA) is 130 Å². The van der Waals surface area contributed by atoms with Gasteiger partial charge in [0.05, 0.1) is 11.3 Å². The second kappa shape index (κ2) is 12.0. The summed E-state index contributed by atoms with van der Waals surface area (Å²) in [5.74, 6) is 1.40. The Labute approximate surface area is 245 Å². The van der Waals surface area contributed by atoms with Crippen LogP contribution in [0.25, 0.3) is 22.0 Å². The SMILES string of the molecule is Cc1ccc2c(NC(=O)CC(C)(C)C)cccc2c1Oc1ncccc1-c1ccnc(NC2CCCN(C(=O)O)C2)n1. The van der Waals surface area contributed by atoms with Crippen LogP contribution in [0.15, 0.2) is 60.9 Å². The molecule has 1 aliphatic rings. The molecule has 0 spiro atoms. The summed E-state index contributed by atoms with van der Waals surface area (Å²) in [5.41, 5.74) is 2.82. The zero-order valence-electron chi connectivity index (χ0n) is 24.3. The highest BCUT2D eigenvalue weighted by molar-refractivity contribution is 6.04. The molecule has 1 unspecified atom stereocenters. The molecule has 2 aromatic carbocycles. The van der Waals surface area contributed by atoms with E-state index in [-0.39, 0.29) is 17.4 Å². The van der Waals surface area contributed by atoms with Gasteiger partial charge in [-0.2, -0.15) is 0 Å². The van der Waals surface area contributed by atoms with Gasteiger partial charge in [0.25, 0.3) is 0 Å². The van der Waals surface area contributed by atoms with Crippen molar-refractivity contribution in [1.82, 2.24) is 19.9 Å². The second-order valence-electron chi connectivity index (χ2n) is 11.8. The molecule has 4 aromatic rings. The van der Waals surface area contributed by atoms with Gasteiger partial charge in [-0.3, -0.25) is 4.79 Å². The van der Waals surface area contributed by atoms with Gasteiger partial charge in [0, 0.05) is 54.4 Å². The number of ether oxygens (including phenoxy) is 1. The highest BCUT2D eigenvalue weighted by Crippen LogP contribution is 2.38. The minimum atomic E-state index is -0.920. The monoisotopic (exact) mass is 568 g/mol. The zero-order valence-corrected chi connectivity index (χ0v) is 24.3. The smallest absolute Gasteiger partial charge is 0.407 e. The average molecular weight is 569 g/mol. The van der Waals surface area contributed by atoms with Crippen LogP contribution < -0.4 is 15.4 Å². The Morgan fingerprint density at radius 1 is 1.05 bits per heavy atom. The molecule has 0 saturated carbocycles. The molecule has 1 atom stereocenters. The number of carbonyl (C=O) groups is 2. The molecule has 0 bridgehead atoms. The number of amides is 2. The third kappa shape index (κ3) is 6.76. The predicted molar refractivity (Wildman–Crippen MR) is 163 cm³/mol. The average Bonchev–Trinajstić information content (AvgIpc) is 2.94. The molecule has 10 heteroatoms. The van der Waals surface area contributed by atoms with E-state index < -0.39 is 6.09 Å². The molecule has 218 valence electrons. The number of carboxylic acid groups (broad SMARTS) is 1. The van der Waals surface area contributed by atoms with Gasteiger partial charge >= 0.3 is 6.09 Å². The van der Waals surface area contributed by atoms with Gasteiger partial charge in [0.2, 0.25) is 17.7 Å². The van der Waals surface area contributed by atoms with Gasteiger partial charge in [0.1, 0.15) is 5.75 Å². The molecular weight excluding hydrogens is 532 g/mol. The van der Waals surface area contributed by atoms with E-state index in [0.29, 0.717) is 48.3 Å². The van der Waals surface area contributed by atoms with Gasteiger partial charge in [-0.05, 0) is 55.0 Å². The molecule has 5 rings (SSSR count). The quantitative estimate of drug-likeness (QED) is 0.224. The first-order chi connectivity index (χ1) is 20.1. The molecule has 1 fully saturated rings. The van der Waals surface area contributed by atoms with Crippen molar-refractivity contribution >= 4 is 34.4 Å². The van der Waals surface area contributed by atoms with E-state index in [9.17, 15) is 14.7 Å². The summed E-state index contributed by atoms with van der Waals surface area (Å²) in [4.78, 5) is 39.2. The van der Waals surface area contributed by atoms with Crippen molar-refractivity contribution in [2.45, 2.75) is 53.0 Å². The minimum Gasteiger partial charge on any atom is -0.465 e. The van der Waals surface area contributed by atoms with E-state index in [1.165, 1.54) is 4.90 Å². The number of carbonyl (C=O) groups excluding carboxylic acids is 1. The molecule has 3 N–H and O–H groups in total. The summed E-state index contributed by atoms with van der Waals surface area (Å²) in [6, 6.07) is 15.1. The highest BCUT2D eigenvalue weighted by atomic mass is 16.5.